The van der Waals surface area contributed by atoms with Crippen LogP contribution in [0.1, 0.15) is 22.8 Å². The third-order valence-electron chi connectivity index (χ3n) is 7.15. The fourth-order valence-electron chi connectivity index (χ4n) is 5.01. The summed E-state index contributed by atoms with van der Waals surface area (Å²) in [7, 11) is 0. The summed E-state index contributed by atoms with van der Waals surface area (Å²) < 4.78 is 4.92. The van der Waals surface area contributed by atoms with Gasteiger partial charge in [0.05, 0.1) is 13.0 Å². The van der Waals surface area contributed by atoms with Crippen molar-refractivity contribution >= 4 is 59.2 Å². The van der Waals surface area contributed by atoms with Crippen LogP contribution in [0.2, 0.25) is 0 Å². The van der Waals surface area contributed by atoms with E-state index in [9.17, 15) is 38.7 Å². The Balaban J connectivity index is 1.20. The predicted octanol–water partition coefficient (Wildman–Crippen LogP) is 1.64. The number of ether oxygens (including phenoxy) is 1. The van der Waals surface area contributed by atoms with Crippen molar-refractivity contribution in [3.8, 4) is 0 Å². The molecule has 3 heterocycles. The van der Waals surface area contributed by atoms with Crippen molar-refractivity contribution in [1.29, 1.82) is 0 Å². The quantitative estimate of drug-likeness (QED) is 0.289. The number of carboxylic acids is 1. The zero-order valence-corrected chi connectivity index (χ0v) is 24.2. The molecule has 44 heavy (non-hydrogen) atoms. The molecule has 0 aliphatic carbocycles. The summed E-state index contributed by atoms with van der Waals surface area (Å²) in [5.74, 6) is -3.42. The Morgan fingerprint density at radius 1 is 0.977 bits per heavy atom. The third-order valence-corrected chi connectivity index (χ3v) is 8.49. The number of rotatable bonds is 8. The van der Waals surface area contributed by atoms with Crippen LogP contribution in [0.4, 0.5) is 15.3 Å². The molecule has 0 spiro atoms. The number of carbonyl (C=O) groups excluding carboxylic acids is 6. The number of nitrogens with one attached hydrogen (secondary N) is 2. The molecule has 0 aromatic heterocycles. The van der Waals surface area contributed by atoms with Crippen LogP contribution in [-0.4, -0.2) is 98.4 Å². The molecule has 1 unspecified atom stereocenters. The van der Waals surface area contributed by atoms with Crippen LogP contribution in [0.5, 0.6) is 0 Å². The van der Waals surface area contributed by atoms with E-state index in [0.29, 0.717) is 11.1 Å². The van der Waals surface area contributed by atoms with Gasteiger partial charge in [-0.2, -0.15) is 0 Å². The molecular formula is C29H27N5O9S. The standard InChI is InChI=1S/C29H27N5O9S/c1-16(35)43-14-19-15-44-26-22(25(38)34(26)23(19)27(39)40)31-21(36)13-18-9-5-6-10-20(18)30-28(41)33-12-11-32(29(33)42)24(37)17-7-3-2-4-8-17/h2-10,22,26H,11-15H2,1H3,(H,30,41)(H,31,36)(H,39,40)/t22?,26-/m1/s1. The van der Waals surface area contributed by atoms with Crippen LogP contribution in [0.3, 0.4) is 0 Å². The molecule has 2 saturated heterocycles. The van der Waals surface area contributed by atoms with Crippen molar-refractivity contribution in [3.05, 3.63) is 77.0 Å². The molecule has 0 radical (unpaired) electrons. The molecule has 7 amide bonds. The highest BCUT2D eigenvalue weighted by atomic mass is 32.2. The topological polar surface area (TPSA) is 183 Å². The number of imide groups is 2. The number of β-lactam (4-membered cyclic amide) rings is 1. The number of hydrogen-bond donors (Lipinski definition) is 3. The molecule has 3 aliphatic rings. The van der Waals surface area contributed by atoms with Gasteiger partial charge < -0.3 is 20.5 Å². The lowest BCUT2D eigenvalue weighted by Gasteiger charge is -2.49. The summed E-state index contributed by atoms with van der Waals surface area (Å²) in [4.78, 5) is 90.6. The number of para-hydroxylation sites is 1. The van der Waals surface area contributed by atoms with Crippen molar-refractivity contribution < 1.29 is 43.4 Å². The van der Waals surface area contributed by atoms with Gasteiger partial charge in [-0.1, -0.05) is 36.4 Å². The van der Waals surface area contributed by atoms with Gasteiger partial charge in [0.2, 0.25) is 5.91 Å². The second-order valence-electron chi connectivity index (χ2n) is 10.0. The fraction of sp³-hybridized carbons (Fsp3) is 0.276. The number of esters is 1. The summed E-state index contributed by atoms with van der Waals surface area (Å²) in [6, 6.07) is 12.2. The fourth-order valence-corrected chi connectivity index (χ4v) is 6.34. The maximum Gasteiger partial charge on any atom is 0.352 e. The summed E-state index contributed by atoms with van der Waals surface area (Å²) in [6.45, 7) is 0.947. The number of urea groups is 2. The first-order valence-corrected chi connectivity index (χ1v) is 14.5. The Bertz CT molecular complexity index is 1590. The minimum absolute atomic E-state index is 0.0133. The van der Waals surface area contributed by atoms with E-state index in [2.05, 4.69) is 10.6 Å². The van der Waals surface area contributed by atoms with Crippen molar-refractivity contribution in [1.82, 2.24) is 20.0 Å². The predicted molar refractivity (Wildman–Crippen MR) is 155 cm³/mol. The molecule has 2 aromatic carbocycles. The number of benzene rings is 2. The highest BCUT2D eigenvalue weighted by Crippen LogP contribution is 2.40. The molecule has 0 bridgehead atoms. The Morgan fingerprint density at radius 2 is 1.66 bits per heavy atom. The first kappa shape index (κ1) is 30.3. The van der Waals surface area contributed by atoms with E-state index in [1.807, 2.05) is 0 Å². The van der Waals surface area contributed by atoms with Crippen molar-refractivity contribution in [2.45, 2.75) is 24.8 Å². The molecule has 228 valence electrons. The molecule has 0 saturated carbocycles. The van der Waals surface area contributed by atoms with Gasteiger partial charge in [0, 0.05) is 36.0 Å². The number of thioether (sulfide) groups is 1. The monoisotopic (exact) mass is 621 g/mol. The number of aliphatic carboxylic acids is 1. The Kier molecular flexibility index (Phi) is 8.66. The zero-order valence-electron chi connectivity index (χ0n) is 23.3. The number of amides is 7. The van der Waals surface area contributed by atoms with E-state index in [4.69, 9.17) is 4.74 Å². The van der Waals surface area contributed by atoms with Gasteiger partial charge in [-0.05, 0) is 23.8 Å². The molecule has 2 fully saturated rings. The van der Waals surface area contributed by atoms with E-state index >= 15 is 0 Å². The molecule has 14 nitrogen and oxygen atoms in total. The minimum atomic E-state index is -1.34. The van der Waals surface area contributed by atoms with Crippen LogP contribution in [0.15, 0.2) is 65.9 Å². The number of anilines is 1. The van der Waals surface area contributed by atoms with Crippen molar-refractivity contribution in [2.75, 3.05) is 30.8 Å². The van der Waals surface area contributed by atoms with Crippen LogP contribution in [0, 0.1) is 0 Å². The molecule has 3 aliphatic heterocycles. The molecule has 2 aromatic rings. The van der Waals surface area contributed by atoms with Crippen LogP contribution >= 0.6 is 11.8 Å². The van der Waals surface area contributed by atoms with Gasteiger partial charge in [0.25, 0.3) is 11.8 Å². The Morgan fingerprint density at radius 3 is 2.36 bits per heavy atom. The lowest BCUT2D eigenvalue weighted by Crippen LogP contribution is -2.70. The first-order valence-electron chi connectivity index (χ1n) is 13.5. The van der Waals surface area contributed by atoms with Gasteiger partial charge in [0.1, 0.15) is 23.7 Å². The van der Waals surface area contributed by atoms with Crippen LogP contribution in [0.25, 0.3) is 0 Å². The average Bonchev–Trinajstić information content (AvgIpc) is 3.40. The van der Waals surface area contributed by atoms with Gasteiger partial charge in [0.15, 0.2) is 0 Å². The van der Waals surface area contributed by atoms with E-state index in [1.165, 1.54) is 18.7 Å². The van der Waals surface area contributed by atoms with E-state index < -0.39 is 53.1 Å². The Labute approximate surface area is 255 Å². The SMILES string of the molecule is CC(=O)OCC1=C(C(=O)O)N2C(=O)C(NC(=O)Cc3ccccc3NC(=O)N3CCN(C(=O)c4ccccc4)C3=O)[C@H]2SC1. The lowest BCUT2D eigenvalue weighted by atomic mass is 10.0. The number of fused-ring (bicyclic) bond motifs is 1. The number of nitrogens with zero attached hydrogens (tertiary/aromatic N) is 3. The molecule has 2 atom stereocenters. The summed E-state index contributed by atoms with van der Waals surface area (Å²) in [6.07, 6.45) is -0.233. The van der Waals surface area contributed by atoms with E-state index in [-0.39, 0.29) is 48.8 Å². The van der Waals surface area contributed by atoms with Crippen molar-refractivity contribution in [3.63, 3.8) is 0 Å². The lowest BCUT2D eigenvalue weighted by molar-refractivity contribution is -0.151. The summed E-state index contributed by atoms with van der Waals surface area (Å²) in [5.41, 5.74) is 0.988. The largest absolute Gasteiger partial charge is 0.477 e. The van der Waals surface area contributed by atoms with Gasteiger partial charge in [-0.25, -0.2) is 19.3 Å². The van der Waals surface area contributed by atoms with Crippen LogP contribution in [-0.2, 0) is 30.3 Å². The zero-order chi connectivity index (χ0) is 31.5. The summed E-state index contributed by atoms with van der Waals surface area (Å²) >= 11 is 1.24. The van der Waals surface area contributed by atoms with E-state index in [1.54, 1.807) is 54.6 Å². The number of hydrogen-bond acceptors (Lipinski definition) is 9. The number of carbonyl (C=O) groups is 7. The minimum Gasteiger partial charge on any atom is -0.477 e. The smallest absolute Gasteiger partial charge is 0.352 e. The first-order chi connectivity index (χ1) is 21.1. The Hall–Kier alpha value is -5.18. The highest BCUT2D eigenvalue weighted by Gasteiger charge is 2.54. The molecule has 3 N–H and O–H groups in total. The summed E-state index contributed by atoms with van der Waals surface area (Å²) in [5, 5.41) is 14.3. The van der Waals surface area contributed by atoms with Gasteiger partial charge >= 0.3 is 24.0 Å². The van der Waals surface area contributed by atoms with Gasteiger partial charge in [-0.3, -0.25) is 29.0 Å². The average molecular weight is 622 g/mol. The second kappa shape index (κ2) is 12.6. The highest BCUT2D eigenvalue weighted by molar-refractivity contribution is 8.00. The maximum absolute atomic E-state index is 13.0. The van der Waals surface area contributed by atoms with E-state index in [0.717, 1.165) is 14.7 Å². The normalized spacial score (nSPS) is 19.2. The van der Waals surface area contributed by atoms with Crippen LogP contribution < -0.4 is 10.6 Å². The van der Waals surface area contributed by atoms with Crippen molar-refractivity contribution in [2.24, 2.45) is 0 Å². The van der Waals surface area contributed by atoms with Gasteiger partial charge in [-0.15, -0.1) is 11.8 Å². The maximum atomic E-state index is 13.0. The third kappa shape index (κ3) is 5.99. The molecule has 15 heteroatoms. The number of carboxylic acid groups (broad SMARTS) is 1. The molecular weight excluding hydrogens is 594 g/mol. The second-order valence-corrected chi connectivity index (χ2v) is 11.1. The molecule has 5 rings (SSSR count).